The first-order chi connectivity index (χ1) is 16.7. The number of fused-ring (bicyclic) bond motifs is 1. The summed E-state index contributed by atoms with van der Waals surface area (Å²) in [7, 11) is 1.21. The molecule has 0 aromatic carbocycles. The number of nitrogens with one attached hydrogen (secondary N) is 2. The molecular weight excluding hydrogens is 484 g/mol. The zero-order chi connectivity index (χ0) is 25.7. The Hall–Kier alpha value is -4.11. The summed E-state index contributed by atoms with van der Waals surface area (Å²) < 4.78 is 4.80. The summed E-state index contributed by atoms with van der Waals surface area (Å²) in [4.78, 5) is 70.2. The summed E-state index contributed by atoms with van der Waals surface area (Å²) in [5.41, 5.74) is -0.597. The highest BCUT2D eigenvalue weighted by molar-refractivity contribution is 7.14. The van der Waals surface area contributed by atoms with Crippen LogP contribution in [0.4, 0.5) is 9.93 Å². The number of oxime groups is 1. The SMILES string of the molecule is C=CCOC(=O)Nc1nc(C(=NOC)C(=O)N[C@@H]2CN3CC(C(=O)CC)=C(C(=O)O)N3C2=O)cs1. The van der Waals surface area contributed by atoms with Crippen molar-refractivity contribution in [2.75, 3.05) is 32.1 Å². The van der Waals surface area contributed by atoms with Gasteiger partial charge in [0.25, 0.3) is 11.8 Å². The summed E-state index contributed by atoms with van der Waals surface area (Å²) in [6, 6.07) is -1.11. The summed E-state index contributed by atoms with van der Waals surface area (Å²) in [5.74, 6) is -3.32. The molecule has 2 aliphatic rings. The third-order valence-electron chi connectivity index (χ3n) is 4.87. The van der Waals surface area contributed by atoms with Crippen LogP contribution >= 0.6 is 11.3 Å². The van der Waals surface area contributed by atoms with Gasteiger partial charge in [0.15, 0.2) is 22.3 Å². The average molecular weight is 506 g/mol. The topological polar surface area (TPSA) is 180 Å². The van der Waals surface area contributed by atoms with E-state index in [2.05, 4.69) is 27.4 Å². The van der Waals surface area contributed by atoms with Gasteiger partial charge in [-0.15, -0.1) is 11.3 Å². The average Bonchev–Trinajstić information content (AvgIpc) is 3.51. The predicted octanol–water partition coefficient (Wildman–Crippen LogP) is 0.104. The maximum absolute atomic E-state index is 12.9. The first kappa shape index (κ1) is 25.5. The lowest BCUT2D eigenvalue weighted by atomic mass is 10.1. The van der Waals surface area contributed by atoms with Crippen LogP contribution in [-0.2, 0) is 28.8 Å². The molecule has 0 saturated carbocycles. The molecule has 1 aromatic heterocycles. The lowest BCUT2D eigenvalue weighted by Crippen LogP contribution is -2.46. The lowest BCUT2D eigenvalue weighted by molar-refractivity contribution is -0.143. The Bertz CT molecular complexity index is 1140. The molecule has 1 saturated heterocycles. The summed E-state index contributed by atoms with van der Waals surface area (Å²) in [6.45, 7) is 4.91. The van der Waals surface area contributed by atoms with Crippen molar-refractivity contribution in [3.63, 3.8) is 0 Å². The van der Waals surface area contributed by atoms with Gasteiger partial charge in [0.1, 0.15) is 25.5 Å². The van der Waals surface area contributed by atoms with E-state index in [1.165, 1.54) is 23.6 Å². The van der Waals surface area contributed by atoms with Gasteiger partial charge in [0, 0.05) is 30.5 Å². The fraction of sp³-hybridized carbons (Fsp3) is 0.350. The van der Waals surface area contributed by atoms with Crippen LogP contribution in [0.2, 0.25) is 0 Å². The molecule has 1 aromatic rings. The number of ether oxygens (including phenoxy) is 1. The number of carboxylic acids is 1. The van der Waals surface area contributed by atoms with Crippen molar-refractivity contribution in [1.82, 2.24) is 20.3 Å². The Morgan fingerprint density at radius 3 is 2.77 bits per heavy atom. The van der Waals surface area contributed by atoms with E-state index in [0.717, 1.165) is 16.3 Å². The standard InChI is InChI=1S/C20H22N6O8S/c1-4-6-34-20(32)23-19-22-12(9-35-19)14(24-33-3)16(28)21-11-8-25-7-10(13(27)5-2)15(18(30)31)26(25)17(11)29/h4,9,11H,1,5-8H2,2-3H3,(H,21,28)(H,30,31)(H,22,23,32)/t11-/m1/s1. The minimum absolute atomic E-state index is 0.000807. The Kier molecular flexibility index (Phi) is 7.93. The van der Waals surface area contributed by atoms with Gasteiger partial charge in [-0.2, -0.15) is 0 Å². The van der Waals surface area contributed by atoms with Crippen molar-refractivity contribution in [2.24, 2.45) is 5.16 Å². The lowest BCUT2D eigenvalue weighted by Gasteiger charge is -2.19. The molecule has 3 rings (SSSR count). The second-order valence-corrected chi connectivity index (χ2v) is 7.96. The number of carboxylic acid groups (broad SMARTS) is 1. The maximum Gasteiger partial charge on any atom is 0.413 e. The van der Waals surface area contributed by atoms with Crippen LogP contribution in [-0.4, -0.2) is 88.3 Å². The van der Waals surface area contributed by atoms with Crippen molar-refractivity contribution in [3.05, 3.63) is 35.0 Å². The molecule has 0 aliphatic carbocycles. The highest BCUT2D eigenvalue weighted by Gasteiger charge is 2.49. The van der Waals surface area contributed by atoms with Crippen molar-refractivity contribution in [1.29, 1.82) is 0 Å². The molecule has 14 nitrogen and oxygen atoms in total. The summed E-state index contributed by atoms with van der Waals surface area (Å²) in [5, 5.41) is 22.0. The number of aliphatic carboxylic acids is 1. The number of carbonyl (C=O) groups excluding carboxylic acids is 4. The van der Waals surface area contributed by atoms with Gasteiger partial charge >= 0.3 is 12.1 Å². The van der Waals surface area contributed by atoms with E-state index in [1.807, 2.05) is 0 Å². The van der Waals surface area contributed by atoms with Crippen molar-refractivity contribution < 1.29 is 38.7 Å². The quantitative estimate of drug-likeness (QED) is 0.224. The number of thiazole rings is 1. The van der Waals surface area contributed by atoms with Crippen LogP contribution in [0.15, 0.2) is 34.5 Å². The first-order valence-corrected chi connectivity index (χ1v) is 11.1. The number of hydrogen-bond acceptors (Lipinski definition) is 11. The minimum atomic E-state index is -1.42. The van der Waals surface area contributed by atoms with Crippen LogP contribution in [0.1, 0.15) is 19.0 Å². The Balaban J connectivity index is 1.74. The normalized spacial score (nSPS) is 17.8. The second-order valence-electron chi connectivity index (χ2n) is 7.10. The molecule has 0 bridgehead atoms. The van der Waals surface area contributed by atoms with Crippen LogP contribution < -0.4 is 10.6 Å². The number of aromatic nitrogens is 1. The highest BCUT2D eigenvalue weighted by Crippen LogP contribution is 2.30. The van der Waals surface area contributed by atoms with Crippen molar-refractivity contribution in [3.8, 4) is 0 Å². The van der Waals surface area contributed by atoms with Gasteiger partial charge in [-0.05, 0) is 0 Å². The van der Waals surface area contributed by atoms with E-state index in [-0.39, 0.29) is 54.0 Å². The maximum atomic E-state index is 12.9. The largest absolute Gasteiger partial charge is 0.477 e. The molecule has 1 fully saturated rings. The van der Waals surface area contributed by atoms with Crippen molar-refractivity contribution in [2.45, 2.75) is 19.4 Å². The first-order valence-electron chi connectivity index (χ1n) is 10.2. The van der Waals surface area contributed by atoms with Crippen LogP contribution in [0.25, 0.3) is 0 Å². The van der Waals surface area contributed by atoms with Gasteiger partial charge < -0.3 is 20.0 Å². The fourth-order valence-corrected chi connectivity index (χ4v) is 4.09. The van der Waals surface area contributed by atoms with Crippen LogP contribution in [0, 0.1) is 0 Å². The number of nitrogens with zero attached hydrogens (tertiary/aromatic N) is 4. The fourth-order valence-electron chi connectivity index (χ4n) is 3.41. The van der Waals surface area contributed by atoms with E-state index in [1.54, 1.807) is 6.92 Å². The smallest absolute Gasteiger partial charge is 0.413 e. The van der Waals surface area contributed by atoms with Crippen LogP contribution in [0.3, 0.4) is 0 Å². The number of rotatable bonds is 10. The molecule has 1 atom stereocenters. The van der Waals surface area contributed by atoms with Gasteiger partial charge in [0.2, 0.25) is 0 Å². The molecule has 3 heterocycles. The molecule has 15 heteroatoms. The number of Topliss-reactive ketones (excluding diaryl/α,β-unsaturated/α-hetero) is 1. The van der Waals surface area contributed by atoms with Gasteiger partial charge in [-0.1, -0.05) is 24.7 Å². The van der Waals surface area contributed by atoms with Gasteiger partial charge in [0.05, 0.1) is 0 Å². The predicted molar refractivity (Wildman–Crippen MR) is 121 cm³/mol. The molecule has 0 radical (unpaired) electrons. The summed E-state index contributed by atoms with van der Waals surface area (Å²) in [6.07, 6.45) is 0.717. The van der Waals surface area contributed by atoms with Gasteiger partial charge in [-0.25, -0.2) is 24.6 Å². The zero-order valence-electron chi connectivity index (χ0n) is 18.8. The second kappa shape index (κ2) is 10.9. The van der Waals surface area contributed by atoms with E-state index >= 15 is 0 Å². The Morgan fingerprint density at radius 2 is 2.14 bits per heavy atom. The molecule has 2 aliphatic heterocycles. The number of ketones is 1. The number of carbonyl (C=O) groups is 5. The summed E-state index contributed by atoms with van der Waals surface area (Å²) >= 11 is 0.996. The van der Waals surface area contributed by atoms with E-state index in [0.29, 0.717) is 0 Å². The molecular formula is C20H22N6O8S. The molecule has 3 amide bonds. The molecule has 0 spiro atoms. The Morgan fingerprint density at radius 1 is 1.40 bits per heavy atom. The number of amides is 3. The third-order valence-corrected chi connectivity index (χ3v) is 5.63. The minimum Gasteiger partial charge on any atom is -0.477 e. The highest BCUT2D eigenvalue weighted by atomic mass is 32.1. The molecule has 35 heavy (non-hydrogen) atoms. The monoisotopic (exact) mass is 506 g/mol. The Labute approximate surface area is 202 Å². The number of hydrazine groups is 1. The number of anilines is 1. The van der Waals surface area contributed by atoms with Gasteiger partial charge in [-0.3, -0.25) is 19.7 Å². The number of hydrogen-bond donors (Lipinski definition) is 3. The molecule has 3 N–H and O–H groups in total. The third kappa shape index (κ3) is 5.36. The van der Waals surface area contributed by atoms with E-state index in [9.17, 15) is 29.1 Å². The van der Waals surface area contributed by atoms with Crippen molar-refractivity contribution >= 4 is 51.8 Å². The van der Waals surface area contributed by atoms with E-state index in [4.69, 9.17) is 9.57 Å². The van der Waals surface area contributed by atoms with Crippen LogP contribution in [0.5, 0.6) is 0 Å². The zero-order valence-corrected chi connectivity index (χ0v) is 19.6. The molecule has 0 unspecified atom stereocenters. The molecule has 186 valence electrons. The van der Waals surface area contributed by atoms with E-state index < -0.39 is 35.6 Å².